The van der Waals surface area contributed by atoms with Crippen LogP contribution in [0.2, 0.25) is 0 Å². The number of nitrogens with one attached hydrogen (secondary N) is 1. The number of aromatic nitrogens is 1. The molecule has 14 heteroatoms. The molecule has 1 aliphatic heterocycles. The monoisotopic (exact) mass is 580 g/mol. The molecule has 214 valence electrons. The number of aliphatic carboxylic acids is 1. The second kappa shape index (κ2) is 12.2. The van der Waals surface area contributed by atoms with Gasteiger partial charge >= 0.3 is 18.1 Å². The summed E-state index contributed by atoms with van der Waals surface area (Å²) in [5.74, 6) is -2.98. The maximum atomic E-state index is 13.2. The molecular weight excluding hydrogens is 553 g/mol. The number of sulfonamides is 1. The van der Waals surface area contributed by atoms with Gasteiger partial charge < -0.3 is 20.0 Å². The van der Waals surface area contributed by atoms with Gasteiger partial charge in [-0.25, -0.2) is 23.0 Å². The van der Waals surface area contributed by atoms with Crippen LogP contribution in [0.25, 0.3) is 0 Å². The van der Waals surface area contributed by atoms with Crippen molar-refractivity contribution < 1.29 is 41.4 Å². The number of hydrogen-bond donors (Lipinski definition) is 3. The molecule has 10 nitrogen and oxygen atoms in total. The smallest absolute Gasteiger partial charge is 0.478 e. The van der Waals surface area contributed by atoms with E-state index in [0.29, 0.717) is 37.4 Å². The number of carbonyl (C=O) groups is 2. The number of alkyl halides is 3. The van der Waals surface area contributed by atoms with Gasteiger partial charge in [0.05, 0.1) is 21.8 Å². The average molecular weight is 581 g/mol. The van der Waals surface area contributed by atoms with E-state index >= 15 is 0 Å². The Hall–Kier alpha value is -4.33. The van der Waals surface area contributed by atoms with E-state index in [1.807, 2.05) is 25.1 Å². The molecule has 0 unspecified atom stereocenters. The highest BCUT2D eigenvalue weighted by Crippen LogP contribution is 2.31. The number of nitrogens with zero attached hydrogens (tertiary/aromatic N) is 3. The summed E-state index contributed by atoms with van der Waals surface area (Å²) in [7, 11) is -3.91. The number of pyridine rings is 1. The number of carboxylic acids is 2. The van der Waals surface area contributed by atoms with E-state index < -0.39 is 28.1 Å². The van der Waals surface area contributed by atoms with E-state index in [2.05, 4.69) is 19.5 Å². The fourth-order valence-corrected chi connectivity index (χ4v) is 5.34. The highest BCUT2D eigenvalue weighted by atomic mass is 32.2. The fraction of sp³-hybridized carbons (Fsp3) is 0.269. The number of rotatable bonds is 6. The number of halogens is 3. The van der Waals surface area contributed by atoms with E-state index in [0.717, 1.165) is 11.4 Å². The minimum Gasteiger partial charge on any atom is -0.478 e. The van der Waals surface area contributed by atoms with E-state index in [1.54, 1.807) is 37.4 Å². The molecule has 3 aromatic rings. The molecule has 0 atom stereocenters. The second-order valence-corrected chi connectivity index (χ2v) is 10.5. The highest BCUT2D eigenvalue weighted by molar-refractivity contribution is 7.92. The van der Waals surface area contributed by atoms with Gasteiger partial charge in [0, 0.05) is 32.4 Å². The largest absolute Gasteiger partial charge is 0.490 e. The van der Waals surface area contributed by atoms with Crippen molar-refractivity contribution in [3.8, 4) is 0 Å². The zero-order valence-corrected chi connectivity index (χ0v) is 22.3. The van der Waals surface area contributed by atoms with Crippen molar-refractivity contribution in [2.24, 2.45) is 0 Å². The number of aromatic carboxylic acids is 1. The molecule has 3 N–H and O–H groups in total. The lowest BCUT2D eigenvalue weighted by Gasteiger charge is -2.37. The van der Waals surface area contributed by atoms with Crippen LogP contribution in [0.1, 0.15) is 21.5 Å². The number of benzene rings is 2. The zero-order valence-electron chi connectivity index (χ0n) is 21.5. The van der Waals surface area contributed by atoms with E-state index in [1.165, 1.54) is 12.1 Å². The Morgan fingerprint density at radius 3 is 2.08 bits per heavy atom. The van der Waals surface area contributed by atoms with Gasteiger partial charge in [-0.2, -0.15) is 13.2 Å². The first-order valence-corrected chi connectivity index (χ1v) is 13.4. The molecule has 40 heavy (non-hydrogen) atoms. The van der Waals surface area contributed by atoms with Crippen molar-refractivity contribution in [2.75, 3.05) is 40.7 Å². The fourth-order valence-electron chi connectivity index (χ4n) is 4.04. The molecule has 0 radical (unpaired) electrons. The number of aryl methyl sites for hydroxylation is 2. The van der Waals surface area contributed by atoms with Gasteiger partial charge in [0.1, 0.15) is 5.82 Å². The summed E-state index contributed by atoms with van der Waals surface area (Å²) < 4.78 is 60.8. The summed E-state index contributed by atoms with van der Waals surface area (Å²) in [6.07, 6.45) is -3.33. The molecule has 0 aliphatic carbocycles. The third kappa shape index (κ3) is 7.62. The van der Waals surface area contributed by atoms with Crippen LogP contribution < -0.4 is 14.5 Å². The van der Waals surface area contributed by atoms with E-state index in [9.17, 15) is 31.5 Å². The molecule has 0 saturated carbocycles. The lowest BCUT2D eigenvalue weighted by atomic mass is 10.1. The Bertz CT molecular complexity index is 1480. The molecular formula is C26H27F3N4O6S. The van der Waals surface area contributed by atoms with Crippen LogP contribution in [-0.4, -0.2) is 67.9 Å². The first-order chi connectivity index (χ1) is 18.7. The first-order valence-electron chi connectivity index (χ1n) is 11.9. The quantitative estimate of drug-likeness (QED) is 0.392. The molecule has 0 bridgehead atoms. The van der Waals surface area contributed by atoms with Crippen LogP contribution in [0.15, 0.2) is 65.7 Å². The Morgan fingerprint density at radius 2 is 1.55 bits per heavy atom. The molecule has 0 amide bonds. The van der Waals surface area contributed by atoms with Crippen molar-refractivity contribution in [1.29, 1.82) is 0 Å². The van der Waals surface area contributed by atoms with Crippen LogP contribution in [-0.2, 0) is 14.8 Å². The van der Waals surface area contributed by atoms with Crippen molar-refractivity contribution >= 4 is 39.2 Å². The van der Waals surface area contributed by atoms with Gasteiger partial charge in [-0.05, 0) is 55.8 Å². The maximum absolute atomic E-state index is 13.2. The Morgan fingerprint density at radius 1 is 0.925 bits per heavy atom. The Kier molecular flexibility index (Phi) is 9.24. The molecule has 1 fully saturated rings. The topological polar surface area (TPSA) is 140 Å². The van der Waals surface area contributed by atoms with Crippen molar-refractivity contribution in [3.63, 3.8) is 0 Å². The standard InChI is InChI=1S/C24H26N4O4S.C2HF3O2/c1-17-6-9-22(18(2)15-17)33(31,32)26-20-16-19(24(29)30)7-8-21(20)27-11-13-28(14-12-27)23-5-3-4-10-25-23;3-2(4,5)1(6)7/h3-10,15-16,26H,11-14H2,1-2H3,(H,29,30);(H,6,7). The van der Waals surface area contributed by atoms with Crippen molar-refractivity contribution in [3.05, 3.63) is 77.5 Å². The molecule has 2 heterocycles. The number of anilines is 3. The third-order valence-electron chi connectivity index (χ3n) is 5.94. The normalized spacial score (nSPS) is 13.7. The summed E-state index contributed by atoms with van der Waals surface area (Å²) in [5.41, 5.74) is 2.51. The highest BCUT2D eigenvalue weighted by Gasteiger charge is 2.38. The molecule has 1 saturated heterocycles. The molecule has 0 spiro atoms. The molecule has 1 aliphatic rings. The predicted molar refractivity (Wildman–Crippen MR) is 142 cm³/mol. The second-order valence-electron chi connectivity index (χ2n) is 8.88. The van der Waals surface area contributed by atoms with Gasteiger partial charge in [-0.15, -0.1) is 0 Å². The molecule has 2 aromatic carbocycles. The summed E-state index contributed by atoms with van der Waals surface area (Å²) in [6, 6.07) is 15.4. The van der Waals surface area contributed by atoms with Crippen LogP contribution in [0.4, 0.5) is 30.4 Å². The minimum atomic E-state index is -5.08. The molecule has 1 aromatic heterocycles. The summed E-state index contributed by atoms with van der Waals surface area (Å²) in [4.78, 5) is 29.2. The van der Waals surface area contributed by atoms with Crippen LogP contribution in [0.5, 0.6) is 0 Å². The van der Waals surface area contributed by atoms with Crippen LogP contribution in [0, 0.1) is 13.8 Å². The van der Waals surface area contributed by atoms with E-state index in [-0.39, 0.29) is 16.1 Å². The maximum Gasteiger partial charge on any atom is 0.490 e. The lowest BCUT2D eigenvalue weighted by molar-refractivity contribution is -0.192. The Balaban J connectivity index is 0.000000559. The predicted octanol–water partition coefficient (Wildman–Crippen LogP) is 4.16. The minimum absolute atomic E-state index is 0.0178. The van der Waals surface area contributed by atoms with Crippen LogP contribution in [0.3, 0.4) is 0 Å². The van der Waals surface area contributed by atoms with E-state index in [4.69, 9.17) is 9.90 Å². The first kappa shape index (κ1) is 30.2. The number of hydrogen-bond acceptors (Lipinski definition) is 7. The van der Waals surface area contributed by atoms with Gasteiger partial charge in [-0.3, -0.25) is 4.72 Å². The zero-order chi connectivity index (χ0) is 29.7. The lowest BCUT2D eigenvalue weighted by Crippen LogP contribution is -2.47. The van der Waals surface area contributed by atoms with Crippen molar-refractivity contribution in [1.82, 2.24) is 4.98 Å². The van der Waals surface area contributed by atoms with Gasteiger partial charge in [0.15, 0.2) is 0 Å². The average Bonchev–Trinajstić information content (AvgIpc) is 2.88. The Labute approximate surface area is 228 Å². The van der Waals surface area contributed by atoms with Crippen LogP contribution >= 0.6 is 0 Å². The van der Waals surface area contributed by atoms with Crippen molar-refractivity contribution in [2.45, 2.75) is 24.9 Å². The molecule has 4 rings (SSSR count). The summed E-state index contributed by atoms with van der Waals surface area (Å²) in [6.45, 7) is 6.34. The number of carboxylic acid groups (broad SMARTS) is 2. The summed E-state index contributed by atoms with van der Waals surface area (Å²) in [5, 5.41) is 16.6. The summed E-state index contributed by atoms with van der Waals surface area (Å²) >= 11 is 0. The number of piperazine rings is 1. The van der Waals surface area contributed by atoms with Gasteiger partial charge in [-0.1, -0.05) is 23.8 Å². The van der Waals surface area contributed by atoms with Gasteiger partial charge in [0.25, 0.3) is 10.0 Å². The van der Waals surface area contributed by atoms with Gasteiger partial charge in [0.2, 0.25) is 0 Å². The third-order valence-corrected chi connectivity index (χ3v) is 7.47. The SMILES string of the molecule is Cc1ccc(S(=O)(=O)Nc2cc(C(=O)O)ccc2N2CCN(c3ccccn3)CC2)c(C)c1.O=C(O)C(F)(F)F.